The van der Waals surface area contributed by atoms with Gasteiger partial charge in [-0.3, -0.25) is 4.79 Å². The number of nitrogens with one attached hydrogen (secondary N) is 1. The Labute approximate surface area is 166 Å². The molecule has 3 heterocycles. The van der Waals surface area contributed by atoms with Crippen LogP contribution in [0.4, 0.5) is 17.7 Å². The molecule has 1 fully saturated rings. The summed E-state index contributed by atoms with van der Waals surface area (Å²) in [5, 5.41) is 3.15. The minimum Gasteiger partial charge on any atom is -0.338 e. The fraction of sp³-hybridized carbons (Fsp3) is 0.550. The zero-order valence-electron chi connectivity index (χ0n) is 17.1. The number of ketones is 1. The van der Waals surface area contributed by atoms with Gasteiger partial charge in [-0.05, 0) is 25.1 Å². The van der Waals surface area contributed by atoms with E-state index in [0.29, 0.717) is 35.6 Å². The molecular weight excluding hydrogens is 354 g/mol. The third-order valence-electron chi connectivity index (χ3n) is 4.69. The van der Waals surface area contributed by atoms with E-state index in [0.717, 1.165) is 38.4 Å². The second kappa shape index (κ2) is 9.05. The number of aryl methyl sites for hydroxylation is 1. The lowest BCUT2D eigenvalue weighted by atomic mass is 10.0. The van der Waals surface area contributed by atoms with Crippen LogP contribution in [-0.2, 0) is 6.42 Å². The molecule has 0 amide bonds. The number of Topliss-reactive ketones (excluding diaryl/α,β-unsaturated/α-hetero) is 1. The first kappa shape index (κ1) is 20.1. The van der Waals surface area contributed by atoms with E-state index in [-0.39, 0.29) is 5.78 Å². The van der Waals surface area contributed by atoms with E-state index in [9.17, 15) is 4.79 Å². The summed E-state index contributed by atoms with van der Waals surface area (Å²) in [6.45, 7) is 9.84. The van der Waals surface area contributed by atoms with Crippen LogP contribution in [0.5, 0.6) is 0 Å². The molecule has 8 heteroatoms. The van der Waals surface area contributed by atoms with Crippen molar-refractivity contribution in [2.24, 2.45) is 5.92 Å². The van der Waals surface area contributed by atoms with Gasteiger partial charge in [0.15, 0.2) is 5.78 Å². The maximum absolute atomic E-state index is 12.3. The van der Waals surface area contributed by atoms with E-state index >= 15 is 0 Å². The molecule has 2 aromatic rings. The standard InChI is InChI=1S/C20H29N7O/c1-5-17-22-19(25-20(24-17)27-10-8-26(4)9-11-27)23-18-13-15(6-7-21-18)16(28)12-14(2)3/h6-7,13-14H,5,8-12H2,1-4H3,(H,21,22,23,24,25). The van der Waals surface area contributed by atoms with Crippen LogP contribution >= 0.6 is 0 Å². The van der Waals surface area contributed by atoms with Gasteiger partial charge in [-0.15, -0.1) is 0 Å². The lowest BCUT2D eigenvalue weighted by molar-refractivity contribution is 0.0968. The Morgan fingerprint density at radius 2 is 1.93 bits per heavy atom. The Balaban J connectivity index is 1.80. The first-order valence-corrected chi connectivity index (χ1v) is 9.89. The fourth-order valence-electron chi connectivity index (χ4n) is 3.04. The van der Waals surface area contributed by atoms with Crippen LogP contribution in [0.3, 0.4) is 0 Å². The second-order valence-corrected chi connectivity index (χ2v) is 7.60. The van der Waals surface area contributed by atoms with Gasteiger partial charge in [0.2, 0.25) is 11.9 Å². The van der Waals surface area contributed by atoms with Crippen molar-refractivity contribution >= 4 is 23.5 Å². The van der Waals surface area contributed by atoms with Gasteiger partial charge in [-0.2, -0.15) is 15.0 Å². The number of aromatic nitrogens is 4. The number of pyridine rings is 1. The van der Waals surface area contributed by atoms with Crippen LogP contribution in [0.1, 0.15) is 43.4 Å². The zero-order valence-corrected chi connectivity index (χ0v) is 17.1. The molecule has 28 heavy (non-hydrogen) atoms. The van der Waals surface area contributed by atoms with E-state index < -0.39 is 0 Å². The van der Waals surface area contributed by atoms with E-state index in [4.69, 9.17) is 0 Å². The minimum absolute atomic E-state index is 0.114. The van der Waals surface area contributed by atoms with Gasteiger partial charge in [0.25, 0.3) is 0 Å². The van der Waals surface area contributed by atoms with Crippen LogP contribution < -0.4 is 10.2 Å². The van der Waals surface area contributed by atoms with Crippen molar-refractivity contribution in [3.63, 3.8) is 0 Å². The zero-order chi connectivity index (χ0) is 20.1. The quantitative estimate of drug-likeness (QED) is 0.730. The number of hydrogen-bond donors (Lipinski definition) is 1. The largest absolute Gasteiger partial charge is 0.338 e. The molecule has 0 saturated carbocycles. The van der Waals surface area contributed by atoms with Crippen molar-refractivity contribution in [3.8, 4) is 0 Å². The maximum Gasteiger partial charge on any atom is 0.233 e. The minimum atomic E-state index is 0.114. The maximum atomic E-state index is 12.3. The fourth-order valence-corrected chi connectivity index (χ4v) is 3.04. The van der Waals surface area contributed by atoms with Gasteiger partial charge in [-0.1, -0.05) is 20.8 Å². The molecule has 150 valence electrons. The van der Waals surface area contributed by atoms with Crippen molar-refractivity contribution < 1.29 is 4.79 Å². The lowest BCUT2D eigenvalue weighted by Crippen LogP contribution is -2.45. The Kier molecular flexibility index (Phi) is 6.51. The summed E-state index contributed by atoms with van der Waals surface area (Å²) in [7, 11) is 2.12. The molecule has 0 atom stereocenters. The number of carbonyl (C=O) groups excluding carboxylic acids is 1. The highest BCUT2D eigenvalue weighted by Crippen LogP contribution is 2.18. The van der Waals surface area contributed by atoms with Crippen LogP contribution in [-0.4, -0.2) is 63.8 Å². The molecule has 0 unspecified atom stereocenters. The van der Waals surface area contributed by atoms with Crippen molar-refractivity contribution in [1.82, 2.24) is 24.8 Å². The van der Waals surface area contributed by atoms with Crippen molar-refractivity contribution in [2.45, 2.75) is 33.6 Å². The summed E-state index contributed by atoms with van der Waals surface area (Å²) < 4.78 is 0. The number of likely N-dealkylation sites (N-methyl/N-ethyl adjacent to an activating group) is 1. The molecular formula is C20H29N7O. The Morgan fingerprint density at radius 1 is 1.18 bits per heavy atom. The average Bonchev–Trinajstić information content (AvgIpc) is 2.68. The predicted molar refractivity (Wildman–Crippen MR) is 110 cm³/mol. The molecule has 1 saturated heterocycles. The number of nitrogens with zero attached hydrogens (tertiary/aromatic N) is 6. The molecule has 1 aliphatic heterocycles. The first-order valence-electron chi connectivity index (χ1n) is 9.89. The third kappa shape index (κ3) is 5.22. The molecule has 0 spiro atoms. The van der Waals surface area contributed by atoms with Crippen molar-refractivity contribution in [1.29, 1.82) is 0 Å². The Hall–Kier alpha value is -2.61. The SMILES string of the molecule is CCc1nc(Nc2cc(C(=O)CC(C)C)ccn2)nc(N2CCN(C)CC2)n1. The summed E-state index contributed by atoms with van der Waals surface area (Å²) in [6.07, 6.45) is 2.88. The van der Waals surface area contributed by atoms with Crippen LogP contribution in [0.25, 0.3) is 0 Å². The van der Waals surface area contributed by atoms with E-state index in [1.807, 2.05) is 20.8 Å². The van der Waals surface area contributed by atoms with Crippen molar-refractivity contribution in [2.75, 3.05) is 43.4 Å². The molecule has 0 aromatic carbocycles. The molecule has 1 N–H and O–H groups in total. The summed E-state index contributed by atoms with van der Waals surface area (Å²) in [6, 6.07) is 3.51. The monoisotopic (exact) mass is 383 g/mol. The lowest BCUT2D eigenvalue weighted by Gasteiger charge is -2.32. The number of piperazine rings is 1. The van der Waals surface area contributed by atoms with Crippen LogP contribution in [0.15, 0.2) is 18.3 Å². The molecule has 0 aliphatic carbocycles. The first-order chi connectivity index (χ1) is 13.4. The molecule has 3 rings (SSSR count). The average molecular weight is 384 g/mol. The van der Waals surface area contributed by atoms with Crippen LogP contribution in [0.2, 0.25) is 0 Å². The third-order valence-corrected chi connectivity index (χ3v) is 4.69. The van der Waals surface area contributed by atoms with Gasteiger partial charge < -0.3 is 15.1 Å². The van der Waals surface area contributed by atoms with Gasteiger partial charge >= 0.3 is 0 Å². The van der Waals surface area contributed by atoms with Gasteiger partial charge in [0, 0.05) is 50.8 Å². The van der Waals surface area contributed by atoms with Crippen LogP contribution in [0, 0.1) is 5.92 Å². The number of carbonyl (C=O) groups is 1. The van der Waals surface area contributed by atoms with E-state index in [1.54, 1.807) is 18.3 Å². The summed E-state index contributed by atoms with van der Waals surface area (Å²) in [5.74, 6) is 2.88. The summed E-state index contributed by atoms with van der Waals surface area (Å²) >= 11 is 0. The molecule has 8 nitrogen and oxygen atoms in total. The van der Waals surface area contributed by atoms with Gasteiger partial charge in [0.1, 0.15) is 11.6 Å². The summed E-state index contributed by atoms with van der Waals surface area (Å²) in [4.78, 5) is 34.8. The van der Waals surface area contributed by atoms with E-state index in [2.05, 4.69) is 42.1 Å². The van der Waals surface area contributed by atoms with Gasteiger partial charge in [0.05, 0.1) is 0 Å². The highest BCUT2D eigenvalue weighted by atomic mass is 16.1. The number of rotatable bonds is 7. The highest BCUT2D eigenvalue weighted by molar-refractivity contribution is 5.96. The smallest absolute Gasteiger partial charge is 0.233 e. The van der Waals surface area contributed by atoms with E-state index in [1.165, 1.54) is 0 Å². The molecule has 1 aliphatic rings. The van der Waals surface area contributed by atoms with Crippen molar-refractivity contribution in [3.05, 3.63) is 29.7 Å². The molecule has 2 aromatic heterocycles. The Morgan fingerprint density at radius 3 is 2.61 bits per heavy atom. The van der Waals surface area contributed by atoms with Gasteiger partial charge in [-0.25, -0.2) is 4.98 Å². The normalized spacial score (nSPS) is 15.1. The Bertz CT molecular complexity index is 816. The summed E-state index contributed by atoms with van der Waals surface area (Å²) in [5.41, 5.74) is 0.648. The number of hydrogen-bond acceptors (Lipinski definition) is 8. The highest BCUT2D eigenvalue weighted by Gasteiger charge is 2.18. The second-order valence-electron chi connectivity index (χ2n) is 7.60. The predicted octanol–water partition coefficient (Wildman–Crippen LogP) is 2.55. The molecule has 0 radical (unpaired) electrons. The topological polar surface area (TPSA) is 87.1 Å². The number of anilines is 3. The molecule has 0 bridgehead atoms.